The van der Waals surface area contributed by atoms with Crippen molar-refractivity contribution in [3.05, 3.63) is 53.6 Å². The standard InChI is InChI=1S/C25H24F3N5O3/c26-25(27,28)36-16-5-1-14(2-6-16)3-8-23(34)32-10-17-18(11-32)20-13-33(12-19(17)20)24(35)15-4-7-21-22(9-15)30-31-29-21/h1-2,4-7,9,17-20H,3,8,10-13H2,(H,29,30,31)/t17-,18?,19+,20-/m1/s1. The molecule has 3 aromatic rings. The molecule has 1 aliphatic carbocycles. The minimum atomic E-state index is -4.72. The smallest absolute Gasteiger partial charge is 0.406 e. The van der Waals surface area contributed by atoms with Crippen molar-refractivity contribution in [3.8, 4) is 5.75 Å². The molecule has 1 aromatic heterocycles. The van der Waals surface area contributed by atoms with Gasteiger partial charge in [-0.15, -0.1) is 13.2 Å². The molecule has 36 heavy (non-hydrogen) atoms. The zero-order valence-corrected chi connectivity index (χ0v) is 19.2. The second-order valence-corrected chi connectivity index (χ2v) is 9.88. The first-order chi connectivity index (χ1) is 17.2. The molecular formula is C25H24F3N5O3. The lowest BCUT2D eigenvalue weighted by Crippen LogP contribution is -2.44. The predicted molar refractivity (Wildman–Crippen MR) is 122 cm³/mol. The minimum absolute atomic E-state index is 0.00644. The molecule has 1 unspecified atom stereocenters. The van der Waals surface area contributed by atoms with Crippen LogP contribution in [0.4, 0.5) is 13.2 Å². The van der Waals surface area contributed by atoms with Crippen molar-refractivity contribution in [1.82, 2.24) is 25.2 Å². The first-order valence-electron chi connectivity index (χ1n) is 12.0. The van der Waals surface area contributed by atoms with Gasteiger partial charge >= 0.3 is 6.36 Å². The molecule has 2 aliphatic heterocycles. The van der Waals surface area contributed by atoms with E-state index < -0.39 is 6.36 Å². The molecule has 4 atom stereocenters. The Balaban J connectivity index is 1.01. The molecule has 3 aliphatic rings. The van der Waals surface area contributed by atoms with Gasteiger partial charge in [0.05, 0.1) is 0 Å². The van der Waals surface area contributed by atoms with Crippen molar-refractivity contribution in [2.45, 2.75) is 19.2 Å². The number of ether oxygens (including phenoxy) is 1. The third kappa shape index (κ3) is 4.16. The Kier molecular flexibility index (Phi) is 5.38. The van der Waals surface area contributed by atoms with Crippen LogP contribution < -0.4 is 4.74 Å². The molecule has 3 heterocycles. The van der Waals surface area contributed by atoms with Crippen LogP contribution in [-0.2, 0) is 11.2 Å². The SMILES string of the molecule is O=C(CCc1ccc(OC(F)(F)F)cc1)N1CC2[C@@H](C1)[C@@H]1CN(C(=O)c3ccc4n[nH]nc4c3)C[C@H]21. The van der Waals surface area contributed by atoms with Crippen LogP contribution in [0, 0.1) is 23.7 Å². The van der Waals surface area contributed by atoms with E-state index in [1.165, 1.54) is 12.1 Å². The Morgan fingerprint density at radius 2 is 1.50 bits per heavy atom. The predicted octanol–water partition coefficient (Wildman–Crippen LogP) is 3.27. The number of halogens is 3. The molecule has 11 heteroatoms. The summed E-state index contributed by atoms with van der Waals surface area (Å²) in [5.74, 6) is 1.44. The lowest BCUT2D eigenvalue weighted by atomic mass is 9.60. The van der Waals surface area contributed by atoms with Crippen LogP contribution in [0.25, 0.3) is 11.0 Å². The highest BCUT2D eigenvalue weighted by Gasteiger charge is 2.59. The molecule has 0 radical (unpaired) electrons. The first-order valence-corrected chi connectivity index (χ1v) is 12.0. The maximum absolute atomic E-state index is 13.1. The molecule has 1 saturated carbocycles. The summed E-state index contributed by atoms with van der Waals surface area (Å²) in [6.45, 7) is 2.82. The highest BCUT2D eigenvalue weighted by molar-refractivity contribution is 5.97. The van der Waals surface area contributed by atoms with Gasteiger partial charge in [-0.25, -0.2) is 0 Å². The van der Waals surface area contributed by atoms with Crippen molar-refractivity contribution in [1.29, 1.82) is 0 Å². The van der Waals surface area contributed by atoms with Gasteiger partial charge in [-0.1, -0.05) is 12.1 Å². The fourth-order valence-corrected chi connectivity index (χ4v) is 6.17. The molecule has 0 bridgehead atoms. The number of aryl methyl sites for hydroxylation is 1. The second-order valence-electron chi connectivity index (χ2n) is 9.88. The van der Waals surface area contributed by atoms with Crippen molar-refractivity contribution < 1.29 is 27.5 Å². The van der Waals surface area contributed by atoms with Crippen LogP contribution in [0.5, 0.6) is 5.75 Å². The van der Waals surface area contributed by atoms with Gasteiger partial charge < -0.3 is 14.5 Å². The number of hydrogen-bond donors (Lipinski definition) is 1. The van der Waals surface area contributed by atoms with E-state index >= 15 is 0 Å². The topological polar surface area (TPSA) is 91.4 Å². The Bertz CT molecular complexity index is 1290. The van der Waals surface area contributed by atoms with E-state index in [0.29, 0.717) is 73.8 Å². The summed E-state index contributed by atoms with van der Waals surface area (Å²) in [6, 6.07) is 11.0. The number of hydrogen-bond acceptors (Lipinski definition) is 5. The van der Waals surface area contributed by atoms with Gasteiger partial charge in [0.1, 0.15) is 16.8 Å². The molecule has 2 amide bonds. The lowest BCUT2D eigenvalue weighted by molar-refractivity contribution is -0.274. The summed E-state index contributed by atoms with van der Waals surface area (Å²) in [5, 5.41) is 10.6. The Labute approximate surface area is 204 Å². The fraction of sp³-hybridized carbons (Fsp3) is 0.440. The summed E-state index contributed by atoms with van der Waals surface area (Å²) in [6.07, 6.45) is -3.95. The van der Waals surface area contributed by atoms with Crippen LogP contribution >= 0.6 is 0 Å². The number of nitrogens with one attached hydrogen (secondary N) is 1. The summed E-state index contributed by atoms with van der Waals surface area (Å²) in [7, 11) is 0. The van der Waals surface area contributed by atoms with E-state index in [9.17, 15) is 22.8 Å². The van der Waals surface area contributed by atoms with E-state index in [1.54, 1.807) is 30.3 Å². The molecule has 6 rings (SSSR count). The normalized spacial score (nSPS) is 25.0. The van der Waals surface area contributed by atoms with Crippen LogP contribution in [0.2, 0.25) is 0 Å². The van der Waals surface area contributed by atoms with Crippen molar-refractivity contribution >= 4 is 22.8 Å². The molecular weight excluding hydrogens is 475 g/mol. The molecule has 8 nitrogen and oxygen atoms in total. The Hall–Kier alpha value is -3.63. The van der Waals surface area contributed by atoms with E-state index in [-0.39, 0.29) is 17.6 Å². The van der Waals surface area contributed by atoms with Gasteiger partial charge in [-0.3, -0.25) is 9.59 Å². The monoisotopic (exact) mass is 499 g/mol. The Morgan fingerprint density at radius 3 is 2.14 bits per heavy atom. The van der Waals surface area contributed by atoms with Gasteiger partial charge in [-0.05, 0) is 66.0 Å². The number of nitrogens with zero attached hydrogens (tertiary/aromatic N) is 4. The van der Waals surface area contributed by atoms with Gasteiger partial charge in [0, 0.05) is 38.2 Å². The van der Waals surface area contributed by atoms with Crippen molar-refractivity contribution in [3.63, 3.8) is 0 Å². The van der Waals surface area contributed by atoms with Gasteiger partial charge in [0.15, 0.2) is 0 Å². The van der Waals surface area contributed by atoms with Crippen LogP contribution in [0.1, 0.15) is 22.3 Å². The number of likely N-dealkylation sites (tertiary alicyclic amines) is 2. The van der Waals surface area contributed by atoms with E-state index in [0.717, 1.165) is 11.1 Å². The number of amides is 2. The second kappa shape index (κ2) is 8.49. The molecule has 2 aromatic carbocycles. The molecule has 3 fully saturated rings. The third-order valence-corrected chi connectivity index (χ3v) is 7.91. The van der Waals surface area contributed by atoms with Crippen molar-refractivity contribution in [2.24, 2.45) is 23.7 Å². The maximum atomic E-state index is 13.1. The lowest BCUT2D eigenvalue weighted by Gasteiger charge is -2.42. The Morgan fingerprint density at radius 1 is 0.889 bits per heavy atom. The summed E-state index contributed by atoms with van der Waals surface area (Å²) >= 11 is 0. The number of alkyl halides is 3. The van der Waals surface area contributed by atoms with E-state index in [2.05, 4.69) is 20.1 Å². The summed E-state index contributed by atoms with van der Waals surface area (Å²) in [5.41, 5.74) is 2.78. The number of H-pyrrole nitrogens is 1. The average Bonchev–Trinajstić information content (AvgIpc) is 3.56. The zero-order chi connectivity index (χ0) is 25.0. The van der Waals surface area contributed by atoms with E-state index in [4.69, 9.17) is 0 Å². The number of benzene rings is 2. The third-order valence-electron chi connectivity index (χ3n) is 7.91. The number of aromatic amines is 1. The molecule has 188 valence electrons. The highest BCUT2D eigenvalue weighted by Crippen LogP contribution is 2.54. The number of fused-ring (bicyclic) bond motifs is 5. The van der Waals surface area contributed by atoms with Crippen LogP contribution in [-0.4, -0.2) is 69.6 Å². The summed E-state index contributed by atoms with van der Waals surface area (Å²) < 4.78 is 40.8. The average molecular weight is 499 g/mol. The van der Waals surface area contributed by atoms with Crippen LogP contribution in [0.3, 0.4) is 0 Å². The van der Waals surface area contributed by atoms with Gasteiger partial charge in [0.2, 0.25) is 5.91 Å². The minimum Gasteiger partial charge on any atom is -0.406 e. The number of aromatic nitrogens is 3. The molecule has 1 N–H and O–H groups in total. The first kappa shape index (κ1) is 22.8. The highest BCUT2D eigenvalue weighted by atomic mass is 19.4. The largest absolute Gasteiger partial charge is 0.573 e. The summed E-state index contributed by atoms with van der Waals surface area (Å²) in [4.78, 5) is 29.7. The van der Waals surface area contributed by atoms with E-state index in [1.807, 2.05) is 9.80 Å². The number of rotatable bonds is 5. The van der Waals surface area contributed by atoms with Crippen molar-refractivity contribution in [2.75, 3.05) is 26.2 Å². The van der Waals surface area contributed by atoms with Gasteiger partial charge in [-0.2, -0.15) is 15.4 Å². The number of carbonyl (C=O) groups excluding carboxylic acids is 2. The molecule has 0 spiro atoms. The molecule has 2 saturated heterocycles. The van der Waals surface area contributed by atoms with Gasteiger partial charge in [0.25, 0.3) is 5.91 Å². The zero-order valence-electron chi connectivity index (χ0n) is 19.2. The fourth-order valence-electron chi connectivity index (χ4n) is 6.17. The van der Waals surface area contributed by atoms with Crippen LogP contribution in [0.15, 0.2) is 42.5 Å². The maximum Gasteiger partial charge on any atom is 0.573 e. The quantitative estimate of drug-likeness (QED) is 0.582. The number of carbonyl (C=O) groups is 2.